The molecule has 1 fully saturated rings. The van der Waals surface area contributed by atoms with Gasteiger partial charge in [-0.3, -0.25) is 0 Å². The van der Waals surface area contributed by atoms with E-state index < -0.39 is 0 Å². The van der Waals surface area contributed by atoms with Crippen molar-refractivity contribution in [1.29, 1.82) is 0 Å². The Hall–Kier alpha value is -1.09. The van der Waals surface area contributed by atoms with Crippen LogP contribution < -0.4 is 10.6 Å². The van der Waals surface area contributed by atoms with Gasteiger partial charge in [-0.25, -0.2) is 4.39 Å². The average Bonchev–Trinajstić information content (AvgIpc) is 2.62. The highest BCUT2D eigenvalue weighted by atomic mass is 19.1. The van der Waals surface area contributed by atoms with E-state index in [0.717, 1.165) is 25.1 Å². The maximum Gasteiger partial charge on any atom is 0.125 e. The lowest BCUT2D eigenvalue weighted by atomic mass is 10.1. The van der Waals surface area contributed by atoms with E-state index in [1.165, 1.54) is 5.56 Å². The smallest absolute Gasteiger partial charge is 0.125 e. The van der Waals surface area contributed by atoms with Crippen LogP contribution in [0.1, 0.15) is 12.0 Å². The van der Waals surface area contributed by atoms with Gasteiger partial charge in [-0.05, 0) is 30.5 Å². The monoisotopic (exact) mass is 192 g/mol. The van der Waals surface area contributed by atoms with Gasteiger partial charge < -0.3 is 10.6 Å². The van der Waals surface area contributed by atoms with Gasteiger partial charge in [0.25, 0.3) is 0 Å². The molecule has 2 aliphatic rings. The van der Waals surface area contributed by atoms with Crippen molar-refractivity contribution in [3.05, 3.63) is 29.6 Å². The van der Waals surface area contributed by atoms with Crippen molar-refractivity contribution in [2.75, 3.05) is 11.4 Å². The molecule has 2 aliphatic heterocycles. The lowest BCUT2D eigenvalue weighted by molar-refractivity contribution is 0.627. The highest BCUT2D eigenvalue weighted by Gasteiger charge is 2.36. The zero-order chi connectivity index (χ0) is 9.71. The first-order valence-corrected chi connectivity index (χ1v) is 5.04. The van der Waals surface area contributed by atoms with Gasteiger partial charge in [-0.1, -0.05) is 6.07 Å². The lowest BCUT2D eigenvalue weighted by Crippen LogP contribution is -2.27. The molecular formula is C11H13FN2. The van der Waals surface area contributed by atoms with E-state index in [1.54, 1.807) is 12.1 Å². The molecule has 1 aromatic rings. The molecule has 0 bridgehead atoms. The summed E-state index contributed by atoms with van der Waals surface area (Å²) < 4.78 is 13.1. The standard InChI is InChI=1S/C11H13FN2/c12-8-2-1-7-3-10-5-9(13)6-14(10)11(7)4-8/h1-2,4,9-10H,3,5-6,13H2. The van der Waals surface area contributed by atoms with Crippen LogP contribution in [-0.4, -0.2) is 18.6 Å². The zero-order valence-electron chi connectivity index (χ0n) is 7.91. The fourth-order valence-corrected chi connectivity index (χ4v) is 2.67. The largest absolute Gasteiger partial charge is 0.366 e. The van der Waals surface area contributed by atoms with Gasteiger partial charge >= 0.3 is 0 Å². The van der Waals surface area contributed by atoms with Crippen LogP contribution in [-0.2, 0) is 6.42 Å². The number of hydrogen-bond donors (Lipinski definition) is 1. The van der Waals surface area contributed by atoms with E-state index in [2.05, 4.69) is 4.90 Å². The van der Waals surface area contributed by atoms with Crippen LogP contribution >= 0.6 is 0 Å². The fraction of sp³-hybridized carbons (Fsp3) is 0.455. The Morgan fingerprint density at radius 2 is 2.29 bits per heavy atom. The molecule has 2 nitrogen and oxygen atoms in total. The van der Waals surface area contributed by atoms with Crippen molar-refractivity contribution in [1.82, 2.24) is 0 Å². The quantitative estimate of drug-likeness (QED) is 0.671. The third-order valence-corrected chi connectivity index (χ3v) is 3.26. The Kier molecular flexibility index (Phi) is 1.59. The topological polar surface area (TPSA) is 29.3 Å². The molecule has 0 spiro atoms. The first-order valence-electron chi connectivity index (χ1n) is 5.04. The number of nitrogens with two attached hydrogens (primary N) is 1. The maximum absolute atomic E-state index is 13.1. The molecule has 2 atom stereocenters. The van der Waals surface area contributed by atoms with Crippen LogP contribution in [0.2, 0.25) is 0 Å². The molecule has 0 aromatic heterocycles. The summed E-state index contributed by atoms with van der Waals surface area (Å²) in [6, 6.07) is 5.85. The molecule has 0 saturated carbocycles. The molecule has 1 aromatic carbocycles. The minimum Gasteiger partial charge on any atom is -0.366 e. The minimum atomic E-state index is -0.148. The van der Waals surface area contributed by atoms with E-state index in [9.17, 15) is 4.39 Å². The molecule has 14 heavy (non-hydrogen) atoms. The number of hydrogen-bond acceptors (Lipinski definition) is 2. The van der Waals surface area contributed by atoms with Gasteiger partial charge in [0.2, 0.25) is 0 Å². The Morgan fingerprint density at radius 1 is 1.43 bits per heavy atom. The number of fused-ring (bicyclic) bond motifs is 3. The van der Waals surface area contributed by atoms with Crippen LogP contribution in [0.4, 0.5) is 10.1 Å². The second-order valence-electron chi connectivity index (χ2n) is 4.28. The van der Waals surface area contributed by atoms with E-state index in [0.29, 0.717) is 6.04 Å². The van der Waals surface area contributed by atoms with Crippen molar-refractivity contribution >= 4 is 5.69 Å². The van der Waals surface area contributed by atoms with E-state index in [-0.39, 0.29) is 11.9 Å². The van der Waals surface area contributed by atoms with E-state index in [1.807, 2.05) is 6.07 Å². The highest BCUT2D eigenvalue weighted by molar-refractivity contribution is 5.60. The second-order valence-corrected chi connectivity index (χ2v) is 4.28. The minimum absolute atomic E-state index is 0.148. The van der Waals surface area contributed by atoms with Gasteiger partial charge in [0.15, 0.2) is 0 Å². The molecule has 2 N–H and O–H groups in total. The summed E-state index contributed by atoms with van der Waals surface area (Å²) in [6.07, 6.45) is 2.07. The maximum atomic E-state index is 13.1. The SMILES string of the molecule is NC1CC2Cc3ccc(F)cc3N2C1. The average molecular weight is 192 g/mol. The molecule has 3 rings (SSSR count). The van der Waals surface area contributed by atoms with Crippen molar-refractivity contribution in [3.63, 3.8) is 0 Å². The predicted molar refractivity (Wildman–Crippen MR) is 53.8 cm³/mol. The third kappa shape index (κ3) is 1.05. The first-order chi connectivity index (χ1) is 6.74. The van der Waals surface area contributed by atoms with Gasteiger partial charge in [-0.2, -0.15) is 0 Å². The van der Waals surface area contributed by atoms with Crippen LogP contribution in [0, 0.1) is 5.82 Å². The summed E-state index contributed by atoms with van der Waals surface area (Å²) in [6.45, 7) is 0.876. The molecule has 2 unspecified atom stereocenters. The van der Waals surface area contributed by atoms with E-state index >= 15 is 0 Å². The van der Waals surface area contributed by atoms with Crippen LogP contribution in [0.3, 0.4) is 0 Å². The van der Waals surface area contributed by atoms with Gasteiger partial charge in [-0.15, -0.1) is 0 Å². The molecule has 0 aliphatic carbocycles. The molecule has 0 radical (unpaired) electrons. The number of benzene rings is 1. The molecule has 3 heteroatoms. The van der Waals surface area contributed by atoms with Crippen molar-refractivity contribution in [2.24, 2.45) is 5.73 Å². The number of halogens is 1. The first kappa shape index (κ1) is 8.24. The van der Waals surface area contributed by atoms with Crippen molar-refractivity contribution < 1.29 is 4.39 Å². The molecule has 2 heterocycles. The summed E-state index contributed by atoms with van der Waals surface area (Å²) in [5.41, 5.74) is 8.21. The Labute approximate surface area is 82.5 Å². The van der Waals surface area contributed by atoms with Crippen molar-refractivity contribution in [2.45, 2.75) is 24.9 Å². The molecule has 1 saturated heterocycles. The molecular weight excluding hydrogens is 179 g/mol. The predicted octanol–water partition coefficient (Wildman–Crippen LogP) is 1.29. The normalized spacial score (nSPS) is 29.1. The summed E-state index contributed by atoms with van der Waals surface area (Å²) in [5, 5.41) is 0. The zero-order valence-corrected chi connectivity index (χ0v) is 7.91. The van der Waals surface area contributed by atoms with Gasteiger partial charge in [0.05, 0.1) is 0 Å². The molecule has 0 amide bonds. The number of anilines is 1. The van der Waals surface area contributed by atoms with Crippen molar-refractivity contribution in [3.8, 4) is 0 Å². The van der Waals surface area contributed by atoms with Gasteiger partial charge in [0, 0.05) is 24.3 Å². The number of nitrogens with zero attached hydrogens (tertiary/aromatic N) is 1. The summed E-state index contributed by atoms with van der Waals surface area (Å²) in [4.78, 5) is 2.25. The van der Waals surface area contributed by atoms with Gasteiger partial charge in [0.1, 0.15) is 5.82 Å². The van der Waals surface area contributed by atoms with Crippen LogP contribution in [0.5, 0.6) is 0 Å². The number of rotatable bonds is 0. The Balaban J connectivity index is 2.03. The van der Waals surface area contributed by atoms with Crippen LogP contribution in [0.15, 0.2) is 18.2 Å². The second kappa shape index (κ2) is 2.70. The summed E-state index contributed by atoms with van der Waals surface area (Å²) in [5.74, 6) is -0.148. The highest BCUT2D eigenvalue weighted by Crippen LogP contribution is 2.37. The lowest BCUT2D eigenvalue weighted by Gasteiger charge is -2.18. The van der Waals surface area contributed by atoms with Crippen LogP contribution in [0.25, 0.3) is 0 Å². The third-order valence-electron chi connectivity index (χ3n) is 3.26. The van der Waals surface area contributed by atoms with E-state index in [4.69, 9.17) is 5.73 Å². The Bertz CT molecular complexity index is 378. The fourth-order valence-electron chi connectivity index (χ4n) is 2.67. The molecule has 74 valence electrons. The summed E-state index contributed by atoms with van der Waals surface area (Å²) >= 11 is 0. The summed E-state index contributed by atoms with van der Waals surface area (Å²) in [7, 11) is 0. The Morgan fingerprint density at radius 3 is 3.14 bits per heavy atom.